The Kier molecular flexibility index (Phi) is 2.29. The van der Waals surface area contributed by atoms with Crippen molar-refractivity contribution in [3.63, 3.8) is 0 Å². The Morgan fingerprint density at radius 1 is 1.50 bits per heavy atom. The van der Waals surface area contributed by atoms with Gasteiger partial charge in [0.2, 0.25) is 0 Å². The van der Waals surface area contributed by atoms with E-state index in [0.29, 0.717) is 10.9 Å². The van der Waals surface area contributed by atoms with Gasteiger partial charge in [0.25, 0.3) is 0 Å². The highest BCUT2D eigenvalue weighted by atomic mass is 35.5. The van der Waals surface area contributed by atoms with Gasteiger partial charge in [-0.2, -0.15) is 0 Å². The first-order valence-electron chi connectivity index (χ1n) is 5.79. The van der Waals surface area contributed by atoms with Gasteiger partial charge in [0, 0.05) is 16.6 Å². The minimum Gasteiger partial charge on any atom is -0.387 e. The second kappa shape index (κ2) is 3.46. The van der Waals surface area contributed by atoms with Gasteiger partial charge in [0.05, 0.1) is 6.10 Å². The van der Waals surface area contributed by atoms with E-state index >= 15 is 0 Å². The van der Waals surface area contributed by atoms with Crippen LogP contribution in [-0.4, -0.2) is 16.7 Å². The molecule has 1 aromatic rings. The van der Waals surface area contributed by atoms with Crippen LogP contribution in [0, 0.1) is 5.92 Å². The van der Waals surface area contributed by atoms with Crippen molar-refractivity contribution in [2.45, 2.75) is 37.5 Å². The zero-order valence-electron chi connectivity index (χ0n) is 9.28. The second-order valence-electron chi connectivity index (χ2n) is 5.40. The number of benzene rings is 1. The first-order valence-corrected chi connectivity index (χ1v) is 6.16. The molecule has 2 atom stereocenters. The third-order valence-corrected chi connectivity index (χ3v) is 4.21. The molecule has 16 heavy (non-hydrogen) atoms. The van der Waals surface area contributed by atoms with Gasteiger partial charge in [-0.3, -0.25) is 0 Å². The molecule has 2 saturated heterocycles. The summed E-state index contributed by atoms with van der Waals surface area (Å²) in [5.41, 5.74) is 1.19. The molecule has 4 rings (SSSR count). The second-order valence-corrected chi connectivity index (χ2v) is 5.84. The number of hydrogen-bond donors (Lipinski definition) is 2. The highest BCUT2D eigenvalue weighted by Crippen LogP contribution is 2.50. The van der Waals surface area contributed by atoms with Crippen LogP contribution in [0.15, 0.2) is 24.3 Å². The molecular formula is C13H16ClNO. The highest BCUT2D eigenvalue weighted by molar-refractivity contribution is 6.30. The maximum absolute atomic E-state index is 10.3. The predicted octanol–water partition coefficient (Wildman–Crippen LogP) is 2.51. The van der Waals surface area contributed by atoms with E-state index < -0.39 is 6.10 Å². The molecular weight excluding hydrogens is 222 g/mol. The van der Waals surface area contributed by atoms with Crippen molar-refractivity contribution in [2.75, 3.05) is 0 Å². The number of halogens is 1. The van der Waals surface area contributed by atoms with Crippen molar-refractivity contribution in [3.05, 3.63) is 34.9 Å². The van der Waals surface area contributed by atoms with Crippen molar-refractivity contribution < 1.29 is 5.11 Å². The third kappa shape index (κ3) is 1.56. The van der Waals surface area contributed by atoms with Crippen molar-refractivity contribution in [1.82, 2.24) is 5.32 Å². The lowest BCUT2D eigenvalue weighted by molar-refractivity contribution is 0.121. The first kappa shape index (κ1) is 10.6. The van der Waals surface area contributed by atoms with E-state index in [-0.39, 0.29) is 11.6 Å². The molecule has 0 unspecified atom stereocenters. The fraction of sp³-hybridized carbons (Fsp3) is 0.538. The van der Waals surface area contributed by atoms with E-state index in [1.165, 1.54) is 12.8 Å². The Hall–Kier alpha value is -0.570. The molecule has 2 N–H and O–H groups in total. The molecule has 1 aromatic carbocycles. The van der Waals surface area contributed by atoms with E-state index in [1.54, 1.807) is 0 Å². The minimum absolute atomic E-state index is 0.198. The number of aliphatic hydroxyl groups is 1. The molecule has 2 aliphatic heterocycles. The fourth-order valence-electron chi connectivity index (χ4n) is 3.22. The maximum atomic E-state index is 10.3. The summed E-state index contributed by atoms with van der Waals surface area (Å²) in [6.07, 6.45) is 1.94. The van der Waals surface area contributed by atoms with Gasteiger partial charge in [-0.1, -0.05) is 23.7 Å². The summed E-state index contributed by atoms with van der Waals surface area (Å²) in [7, 11) is 0. The summed E-state index contributed by atoms with van der Waals surface area (Å²) in [4.78, 5) is 0. The minimum atomic E-state index is -0.437. The number of nitrogens with one attached hydrogen (secondary N) is 1. The molecule has 0 spiro atoms. The molecule has 3 fully saturated rings. The van der Waals surface area contributed by atoms with E-state index in [2.05, 4.69) is 12.2 Å². The maximum Gasteiger partial charge on any atom is 0.0946 e. The Morgan fingerprint density at radius 3 is 2.81 bits per heavy atom. The monoisotopic (exact) mass is 237 g/mol. The molecule has 3 aliphatic rings. The summed E-state index contributed by atoms with van der Waals surface area (Å²) in [5.74, 6) is 0.624. The number of fused-ring (bicyclic) bond motifs is 1. The van der Waals surface area contributed by atoms with Crippen LogP contribution in [0.25, 0.3) is 0 Å². The summed E-state index contributed by atoms with van der Waals surface area (Å²) in [6, 6.07) is 7.72. The molecule has 2 nitrogen and oxygen atoms in total. The Bertz CT molecular complexity index is 414. The number of aliphatic hydroxyl groups excluding tert-OH is 1. The van der Waals surface area contributed by atoms with Crippen molar-refractivity contribution in [2.24, 2.45) is 5.92 Å². The van der Waals surface area contributed by atoms with Gasteiger partial charge >= 0.3 is 0 Å². The standard InChI is InChI=1S/C13H16ClNO/c1-13-6-9(7-13)11(15-13)12(16)8-3-2-4-10(14)5-8/h2-5,9,11-12,15-16H,6-7H2,1H3/t9?,11-,12-,13?/m0/s1. The zero-order valence-corrected chi connectivity index (χ0v) is 10.0. The van der Waals surface area contributed by atoms with Gasteiger partial charge < -0.3 is 10.4 Å². The van der Waals surface area contributed by atoms with Crippen LogP contribution < -0.4 is 5.32 Å². The lowest BCUT2D eigenvalue weighted by atomic mass is 9.72. The van der Waals surface area contributed by atoms with E-state index in [0.717, 1.165) is 5.56 Å². The lowest BCUT2D eigenvalue weighted by Crippen LogP contribution is -2.40. The molecule has 86 valence electrons. The summed E-state index contributed by atoms with van der Waals surface area (Å²) in [6.45, 7) is 2.23. The SMILES string of the molecule is CC12CC(C1)[C@@H]([C@@H](O)c1cccc(Cl)c1)N2. The Balaban J connectivity index is 1.81. The lowest BCUT2D eigenvalue weighted by Gasteiger charge is -2.33. The van der Waals surface area contributed by atoms with Crippen molar-refractivity contribution in [1.29, 1.82) is 0 Å². The largest absolute Gasteiger partial charge is 0.387 e. The van der Waals surface area contributed by atoms with Crippen LogP contribution in [0.5, 0.6) is 0 Å². The zero-order chi connectivity index (χ0) is 11.3. The normalized spacial score (nSPS) is 38.2. The Labute approximate surface area is 101 Å². The first-order chi connectivity index (χ1) is 7.57. The average molecular weight is 238 g/mol. The average Bonchev–Trinajstić information content (AvgIpc) is 2.70. The summed E-state index contributed by atoms with van der Waals surface area (Å²) >= 11 is 5.94. The fourth-order valence-corrected chi connectivity index (χ4v) is 3.42. The Morgan fingerprint density at radius 2 is 2.25 bits per heavy atom. The van der Waals surface area contributed by atoms with Crippen LogP contribution in [0.4, 0.5) is 0 Å². The van der Waals surface area contributed by atoms with Gasteiger partial charge in [-0.15, -0.1) is 0 Å². The van der Waals surface area contributed by atoms with Crippen molar-refractivity contribution >= 4 is 11.6 Å². The van der Waals surface area contributed by atoms with Crippen LogP contribution in [0.3, 0.4) is 0 Å². The van der Waals surface area contributed by atoms with Crippen molar-refractivity contribution in [3.8, 4) is 0 Å². The molecule has 0 radical (unpaired) electrons. The predicted molar refractivity (Wildman–Crippen MR) is 64.5 cm³/mol. The van der Waals surface area contributed by atoms with E-state index in [4.69, 9.17) is 11.6 Å². The number of hydrogen-bond acceptors (Lipinski definition) is 2. The molecule has 0 aromatic heterocycles. The smallest absolute Gasteiger partial charge is 0.0946 e. The molecule has 2 heterocycles. The van der Waals surface area contributed by atoms with E-state index in [9.17, 15) is 5.11 Å². The molecule has 0 amide bonds. The topological polar surface area (TPSA) is 32.3 Å². The van der Waals surface area contributed by atoms with Gasteiger partial charge in [-0.05, 0) is 43.4 Å². The van der Waals surface area contributed by atoms with Gasteiger partial charge in [0.1, 0.15) is 0 Å². The number of rotatable bonds is 2. The van der Waals surface area contributed by atoms with Crippen LogP contribution in [-0.2, 0) is 0 Å². The van der Waals surface area contributed by atoms with Crippen LogP contribution in [0.2, 0.25) is 5.02 Å². The molecule has 3 heteroatoms. The van der Waals surface area contributed by atoms with Crippen LogP contribution >= 0.6 is 11.6 Å². The summed E-state index contributed by atoms with van der Waals surface area (Å²) < 4.78 is 0. The quantitative estimate of drug-likeness (QED) is 0.829. The van der Waals surface area contributed by atoms with E-state index in [1.807, 2.05) is 24.3 Å². The molecule has 2 bridgehead atoms. The van der Waals surface area contributed by atoms with Gasteiger partial charge in [0.15, 0.2) is 0 Å². The third-order valence-electron chi connectivity index (χ3n) is 3.98. The summed E-state index contributed by atoms with van der Waals surface area (Å²) in [5, 5.41) is 14.6. The van der Waals surface area contributed by atoms with Crippen LogP contribution in [0.1, 0.15) is 31.4 Å². The molecule has 1 aliphatic carbocycles. The molecule has 1 saturated carbocycles. The highest BCUT2D eigenvalue weighted by Gasteiger charge is 2.54. The van der Waals surface area contributed by atoms with Gasteiger partial charge in [-0.25, -0.2) is 0 Å².